The van der Waals surface area contributed by atoms with E-state index in [-0.39, 0.29) is 0 Å². The van der Waals surface area contributed by atoms with Crippen molar-refractivity contribution in [2.24, 2.45) is 7.05 Å². The molecule has 3 nitrogen and oxygen atoms in total. The minimum absolute atomic E-state index is 0.909. The van der Waals surface area contributed by atoms with Gasteiger partial charge < -0.3 is 4.57 Å². The number of hydrogen-bond acceptors (Lipinski definition) is 3. The second-order valence-corrected chi connectivity index (χ2v) is 3.68. The Bertz CT molecular complexity index is 383. The molecule has 0 saturated carbocycles. The normalized spacial score (nSPS) is 10.2. The van der Waals surface area contributed by atoms with Crippen LogP contribution in [0.3, 0.4) is 0 Å². The van der Waals surface area contributed by atoms with Crippen LogP contribution in [0.2, 0.25) is 0 Å². The third-order valence-electron chi connectivity index (χ3n) is 1.62. The van der Waals surface area contributed by atoms with Gasteiger partial charge in [0.05, 0.1) is 0 Å². The van der Waals surface area contributed by atoms with Crippen molar-refractivity contribution >= 4 is 11.8 Å². The summed E-state index contributed by atoms with van der Waals surface area (Å²) in [6.07, 6.45) is 1.70. The minimum Gasteiger partial charge on any atom is -0.311 e. The molecular formula is C9H9N3S. The van der Waals surface area contributed by atoms with Crippen LogP contribution >= 0.6 is 11.8 Å². The highest BCUT2D eigenvalue weighted by Crippen LogP contribution is 2.24. The molecule has 0 saturated heterocycles. The van der Waals surface area contributed by atoms with Gasteiger partial charge in [0, 0.05) is 11.9 Å². The molecule has 13 heavy (non-hydrogen) atoms. The fraction of sp³-hybridized carbons (Fsp3) is 0.111. The second kappa shape index (κ2) is 3.62. The van der Waals surface area contributed by atoms with E-state index >= 15 is 0 Å². The molecule has 2 rings (SSSR count). The summed E-state index contributed by atoms with van der Waals surface area (Å²) >= 11 is 1.61. The van der Waals surface area contributed by atoms with E-state index in [1.165, 1.54) is 4.90 Å². The van der Waals surface area contributed by atoms with Gasteiger partial charge in [-0.05, 0) is 23.9 Å². The Morgan fingerprint density at radius 2 is 2.00 bits per heavy atom. The standard InChI is InChI=1S/C9H9N3S/c1-12-7-10-11-9(12)13-8-5-3-2-4-6-8/h2-7H,1H3. The van der Waals surface area contributed by atoms with E-state index in [4.69, 9.17) is 0 Å². The highest BCUT2D eigenvalue weighted by Gasteiger charge is 2.01. The van der Waals surface area contributed by atoms with E-state index in [9.17, 15) is 0 Å². The van der Waals surface area contributed by atoms with Crippen LogP contribution in [0.15, 0.2) is 46.7 Å². The van der Waals surface area contributed by atoms with Gasteiger partial charge in [-0.15, -0.1) is 10.2 Å². The summed E-state index contributed by atoms with van der Waals surface area (Å²) in [7, 11) is 1.94. The smallest absolute Gasteiger partial charge is 0.195 e. The molecule has 0 aliphatic heterocycles. The van der Waals surface area contributed by atoms with Crippen LogP contribution in [-0.2, 0) is 7.05 Å². The molecule has 0 unspecified atom stereocenters. The Kier molecular flexibility index (Phi) is 2.31. The van der Waals surface area contributed by atoms with E-state index in [2.05, 4.69) is 22.3 Å². The van der Waals surface area contributed by atoms with Gasteiger partial charge in [-0.1, -0.05) is 18.2 Å². The number of benzene rings is 1. The van der Waals surface area contributed by atoms with Crippen molar-refractivity contribution < 1.29 is 0 Å². The maximum atomic E-state index is 3.99. The summed E-state index contributed by atoms with van der Waals surface area (Å²) in [6.45, 7) is 0. The monoisotopic (exact) mass is 191 g/mol. The minimum atomic E-state index is 0.909. The Morgan fingerprint density at radius 1 is 1.23 bits per heavy atom. The Morgan fingerprint density at radius 3 is 2.62 bits per heavy atom. The van der Waals surface area contributed by atoms with E-state index in [0.717, 1.165) is 5.16 Å². The molecule has 1 heterocycles. The van der Waals surface area contributed by atoms with Crippen molar-refractivity contribution in [1.82, 2.24) is 14.8 Å². The first-order valence-corrected chi connectivity index (χ1v) is 4.75. The van der Waals surface area contributed by atoms with Crippen LogP contribution in [0.4, 0.5) is 0 Å². The summed E-state index contributed by atoms with van der Waals surface area (Å²) in [4.78, 5) is 1.18. The molecule has 0 aliphatic rings. The zero-order valence-corrected chi connectivity index (χ0v) is 8.03. The lowest BCUT2D eigenvalue weighted by Gasteiger charge is -1.98. The maximum Gasteiger partial charge on any atom is 0.195 e. The summed E-state index contributed by atoms with van der Waals surface area (Å²) in [6, 6.07) is 10.1. The topological polar surface area (TPSA) is 30.7 Å². The fourth-order valence-corrected chi connectivity index (χ4v) is 1.74. The lowest BCUT2D eigenvalue weighted by molar-refractivity contribution is 0.788. The van der Waals surface area contributed by atoms with Crippen molar-refractivity contribution in [3.8, 4) is 0 Å². The van der Waals surface area contributed by atoms with Crippen LogP contribution in [0, 0.1) is 0 Å². The quantitative estimate of drug-likeness (QED) is 0.727. The van der Waals surface area contributed by atoms with Crippen molar-refractivity contribution in [1.29, 1.82) is 0 Å². The molecule has 0 amide bonds. The molecule has 1 aromatic carbocycles. The molecule has 0 N–H and O–H groups in total. The average molecular weight is 191 g/mol. The lowest BCUT2D eigenvalue weighted by Crippen LogP contribution is -1.87. The maximum absolute atomic E-state index is 3.99. The number of rotatable bonds is 2. The Hall–Kier alpha value is -1.29. The highest BCUT2D eigenvalue weighted by atomic mass is 32.2. The lowest BCUT2D eigenvalue weighted by atomic mass is 10.4. The number of hydrogen-bond donors (Lipinski definition) is 0. The molecule has 0 spiro atoms. The van der Waals surface area contributed by atoms with Crippen LogP contribution in [0.25, 0.3) is 0 Å². The Balaban J connectivity index is 2.20. The molecule has 0 radical (unpaired) electrons. The van der Waals surface area contributed by atoms with Gasteiger partial charge in [0.2, 0.25) is 0 Å². The van der Waals surface area contributed by atoms with E-state index in [1.807, 2.05) is 29.8 Å². The van der Waals surface area contributed by atoms with Gasteiger partial charge in [-0.25, -0.2) is 0 Å². The first kappa shape index (κ1) is 8.31. The van der Waals surface area contributed by atoms with Gasteiger partial charge >= 0.3 is 0 Å². The van der Waals surface area contributed by atoms with Crippen LogP contribution in [-0.4, -0.2) is 14.8 Å². The summed E-state index contributed by atoms with van der Waals surface area (Å²) in [5.41, 5.74) is 0. The molecule has 0 fully saturated rings. The first-order valence-electron chi connectivity index (χ1n) is 3.93. The number of nitrogens with zero attached hydrogens (tertiary/aromatic N) is 3. The Labute approximate surface area is 80.8 Å². The zero-order valence-electron chi connectivity index (χ0n) is 7.21. The van der Waals surface area contributed by atoms with Gasteiger partial charge in [-0.2, -0.15) is 0 Å². The van der Waals surface area contributed by atoms with Crippen molar-refractivity contribution in [3.63, 3.8) is 0 Å². The fourth-order valence-electron chi connectivity index (χ4n) is 0.959. The molecule has 4 heteroatoms. The van der Waals surface area contributed by atoms with Crippen LogP contribution in [0.5, 0.6) is 0 Å². The summed E-state index contributed by atoms with van der Waals surface area (Å²) < 4.78 is 1.90. The van der Waals surface area contributed by atoms with Crippen molar-refractivity contribution in [2.75, 3.05) is 0 Å². The molecule has 66 valence electrons. The van der Waals surface area contributed by atoms with Crippen LogP contribution < -0.4 is 0 Å². The van der Waals surface area contributed by atoms with Crippen molar-refractivity contribution in [3.05, 3.63) is 36.7 Å². The summed E-state index contributed by atoms with van der Waals surface area (Å²) in [5, 5.41) is 8.71. The molecule has 0 bridgehead atoms. The highest BCUT2D eigenvalue weighted by molar-refractivity contribution is 7.99. The molecular weight excluding hydrogens is 182 g/mol. The third kappa shape index (κ3) is 1.89. The SMILES string of the molecule is Cn1cnnc1Sc1ccccc1. The molecule has 0 aliphatic carbocycles. The van der Waals surface area contributed by atoms with Crippen LogP contribution in [0.1, 0.15) is 0 Å². The van der Waals surface area contributed by atoms with Gasteiger partial charge in [0.1, 0.15) is 6.33 Å². The number of aryl methyl sites for hydroxylation is 1. The predicted molar refractivity (Wildman–Crippen MR) is 51.6 cm³/mol. The predicted octanol–water partition coefficient (Wildman–Crippen LogP) is 1.97. The third-order valence-corrected chi connectivity index (χ3v) is 2.68. The van der Waals surface area contributed by atoms with E-state index in [0.29, 0.717) is 0 Å². The molecule has 2 aromatic rings. The summed E-state index contributed by atoms with van der Waals surface area (Å²) in [5.74, 6) is 0. The van der Waals surface area contributed by atoms with Crippen molar-refractivity contribution in [2.45, 2.75) is 10.1 Å². The van der Waals surface area contributed by atoms with Gasteiger partial charge in [0.15, 0.2) is 5.16 Å². The second-order valence-electron chi connectivity index (χ2n) is 2.64. The largest absolute Gasteiger partial charge is 0.311 e. The molecule has 0 atom stereocenters. The van der Waals surface area contributed by atoms with E-state index < -0.39 is 0 Å². The first-order chi connectivity index (χ1) is 6.36. The molecule has 1 aromatic heterocycles. The average Bonchev–Trinajstić information content (AvgIpc) is 2.54. The number of aromatic nitrogens is 3. The van der Waals surface area contributed by atoms with E-state index in [1.54, 1.807) is 18.1 Å². The van der Waals surface area contributed by atoms with Gasteiger partial charge in [-0.3, -0.25) is 0 Å². The van der Waals surface area contributed by atoms with Gasteiger partial charge in [0.25, 0.3) is 0 Å². The zero-order chi connectivity index (χ0) is 9.10.